The molecule has 3 heterocycles. The molecule has 2 aliphatic heterocycles. The maximum Gasteiger partial charge on any atom is 0.224 e. The average molecular weight is 394 g/mol. The molecule has 0 aliphatic carbocycles. The molecule has 2 N–H and O–H groups in total. The Labute approximate surface area is 159 Å². The van der Waals surface area contributed by atoms with E-state index in [0.717, 1.165) is 49.8 Å². The molecule has 1 aromatic heterocycles. The van der Waals surface area contributed by atoms with Crippen LogP contribution >= 0.6 is 36.6 Å². The van der Waals surface area contributed by atoms with Gasteiger partial charge in [-0.3, -0.25) is 4.79 Å². The number of likely N-dealkylation sites (tertiary alicyclic amines) is 1. The van der Waals surface area contributed by atoms with Crippen molar-refractivity contribution in [3.63, 3.8) is 0 Å². The van der Waals surface area contributed by atoms with Crippen molar-refractivity contribution < 1.29 is 4.79 Å². The fourth-order valence-electron chi connectivity index (χ4n) is 2.95. The zero-order valence-corrected chi connectivity index (χ0v) is 16.0. The molecule has 6 nitrogen and oxygen atoms in total. The zero-order valence-electron chi connectivity index (χ0n) is 13.5. The quantitative estimate of drug-likeness (QED) is 0.812. The van der Waals surface area contributed by atoms with Crippen LogP contribution in [0.2, 0.25) is 0 Å². The molecular formula is C15H25Cl2N5OS. The van der Waals surface area contributed by atoms with E-state index >= 15 is 0 Å². The Balaban J connectivity index is 0.00000144. The SMILES string of the molecule is Cl.Cl.O=C(CC1CSCCN1)N1CCC(Nc2cccnn2)CC1. The van der Waals surface area contributed by atoms with Crippen LogP contribution in [0.15, 0.2) is 18.3 Å². The van der Waals surface area contributed by atoms with E-state index in [1.165, 1.54) is 0 Å². The Morgan fingerprint density at radius 3 is 2.79 bits per heavy atom. The van der Waals surface area contributed by atoms with Crippen molar-refractivity contribution in [3.8, 4) is 0 Å². The standard InChI is InChI=1S/C15H23N5OS.2ClH/c21-15(10-13-11-22-9-6-16-13)20-7-3-12(4-8-20)18-14-2-1-5-17-19-14;;/h1-2,5,12-13,16H,3-4,6-11H2,(H,18,19);2*1H. The fraction of sp³-hybridized carbons (Fsp3) is 0.667. The highest BCUT2D eigenvalue weighted by atomic mass is 35.5. The third kappa shape index (κ3) is 6.27. The first-order chi connectivity index (χ1) is 10.8. The third-order valence-corrected chi connectivity index (χ3v) is 5.32. The van der Waals surface area contributed by atoms with Gasteiger partial charge in [0.15, 0.2) is 0 Å². The molecule has 2 aliphatic rings. The molecule has 0 radical (unpaired) electrons. The van der Waals surface area contributed by atoms with E-state index in [0.29, 0.717) is 18.5 Å². The summed E-state index contributed by atoms with van der Waals surface area (Å²) in [6.45, 7) is 2.68. The molecule has 0 aromatic carbocycles. The number of thioether (sulfide) groups is 1. The van der Waals surface area contributed by atoms with Gasteiger partial charge in [-0.15, -0.1) is 29.9 Å². The summed E-state index contributed by atoms with van der Waals surface area (Å²) in [7, 11) is 0. The lowest BCUT2D eigenvalue weighted by Gasteiger charge is -2.34. The minimum atomic E-state index is 0. The maximum absolute atomic E-state index is 12.4. The van der Waals surface area contributed by atoms with Crippen LogP contribution in [0.3, 0.4) is 0 Å². The summed E-state index contributed by atoms with van der Waals surface area (Å²) in [5.41, 5.74) is 0. The summed E-state index contributed by atoms with van der Waals surface area (Å²) in [4.78, 5) is 14.4. The van der Waals surface area contributed by atoms with Crippen LogP contribution in [0, 0.1) is 0 Å². The van der Waals surface area contributed by atoms with Crippen molar-refractivity contribution in [2.24, 2.45) is 0 Å². The largest absolute Gasteiger partial charge is 0.366 e. The second kappa shape index (κ2) is 11.0. The predicted octanol–water partition coefficient (Wildman–Crippen LogP) is 1.82. The van der Waals surface area contributed by atoms with Crippen LogP contribution in [0.1, 0.15) is 19.3 Å². The van der Waals surface area contributed by atoms with Crippen LogP contribution in [-0.4, -0.2) is 64.2 Å². The first kappa shape index (κ1) is 21.3. The van der Waals surface area contributed by atoms with Gasteiger partial charge < -0.3 is 15.5 Å². The van der Waals surface area contributed by atoms with Gasteiger partial charge in [-0.1, -0.05) is 0 Å². The summed E-state index contributed by atoms with van der Waals surface area (Å²) >= 11 is 1.94. The minimum absolute atomic E-state index is 0. The Hall–Kier alpha value is -0.760. The van der Waals surface area contributed by atoms with Crippen molar-refractivity contribution in [2.45, 2.75) is 31.3 Å². The van der Waals surface area contributed by atoms with Crippen molar-refractivity contribution in [2.75, 3.05) is 36.5 Å². The van der Waals surface area contributed by atoms with Gasteiger partial charge in [-0.2, -0.15) is 16.9 Å². The van der Waals surface area contributed by atoms with Crippen molar-refractivity contribution >= 4 is 48.3 Å². The Kier molecular flexibility index (Phi) is 9.73. The first-order valence-corrected chi connectivity index (χ1v) is 9.10. The van der Waals surface area contributed by atoms with E-state index in [1.807, 2.05) is 28.8 Å². The summed E-state index contributed by atoms with van der Waals surface area (Å²) < 4.78 is 0. The highest BCUT2D eigenvalue weighted by Gasteiger charge is 2.25. The number of aromatic nitrogens is 2. The molecule has 136 valence electrons. The molecule has 1 amide bonds. The molecule has 0 spiro atoms. The molecule has 2 saturated heterocycles. The summed E-state index contributed by atoms with van der Waals surface area (Å²) in [6.07, 6.45) is 4.24. The Morgan fingerprint density at radius 1 is 1.38 bits per heavy atom. The number of nitrogens with one attached hydrogen (secondary N) is 2. The summed E-state index contributed by atoms with van der Waals surface area (Å²) in [6, 6.07) is 4.53. The Bertz CT molecular complexity index is 482. The highest BCUT2D eigenvalue weighted by molar-refractivity contribution is 7.99. The van der Waals surface area contributed by atoms with E-state index in [4.69, 9.17) is 0 Å². The summed E-state index contributed by atoms with van der Waals surface area (Å²) in [5.74, 6) is 3.31. The molecule has 0 bridgehead atoms. The zero-order chi connectivity index (χ0) is 15.2. The van der Waals surface area contributed by atoms with Crippen LogP contribution in [0.4, 0.5) is 5.82 Å². The molecular weight excluding hydrogens is 369 g/mol. The molecule has 0 saturated carbocycles. The van der Waals surface area contributed by atoms with Gasteiger partial charge in [0.1, 0.15) is 5.82 Å². The van der Waals surface area contributed by atoms with E-state index in [9.17, 15) is 4.79 Å². The number of hydrogen-bond donors (Lipinski definition) is 2. The van der Waals surface area contributed by atoms with Gasteiger partial charge in [-0.05, 0) is 25.0 Å². The van der Waals surface area contributed by atoms with Gasteiger partial charge in [0, 0.05) is 55.8 Å². The smallest absolute Gasteiger partial charge is 0.224 e. The van der Waals surface area contributed by atoms with Crippen molar-refractivity contribution in [3.05, 3.63) is 18.3 Å². The van der Waals surface area contributed by atoms with Crippen LogP contribution in [-0.2, 0) is 4.79 Å². The summed E-state index contributed by atoms with van der Waals surface area (Å²) in [5, 5.41) is 14.8. The molecule has 1 aromatic rings. The number of halogens is 2. The number of nitrogens with zero attached hydrogens (tertiary/aromatic N) is 3. The van der Waals surface area contributed by atoms with Gasteiger partial charge >= 0.3 is 0 Å². The number of rotatable bonds is 4. The second-order valence-corrected chi connectivity index (χ2v) is 6.99. The maximum atomic E-state index is 12.4. The van der Waals surface area contributed by atoms with Gasteiger partial charge in [0.2, 0.25) is 5.91 Å². The van der Waals surface area contributed by atoms with Crippen molar-refractivity contribution in [1.29, 1.82) is 0 Å². The number of hydrogen-bond acceptors (Lipinski definition) is 6. The number of carbonyl (C=O) groups excluding carboxylic acids is 1. The lowest BCUT2D eigenvalue weighted by atomic mass is 10.0. The first-order valence-electron chi connectivity index (χ1n) is 7.94. The number of anilines is 1. The third-order valence-electron chi connectivity index (χ3n) is 4.19. The van der Waals surface area contributed by atoms with Gasteiger partial charge in [0.05, 0.1) is 0 Å². The van der Waals surface area contributed by atoms with Crippen LogP contribution < -0.4 is 10.6 Å². The van der Waals surface area contributed by atoms with Crippen LogP contribution in [0.25, 0.3) is 0 Å². The molecule has 1 unspecified atom stereocenters. The normalized spacial score (nSPS) is 21.3. The van der Waals surface area contributed by atoms with Gasteiger partial charge in [0.25, 0.3) is 0 Å². The monoisotopic (exact) mass is 393 g/mol. The van der Waals surface area contributed by atoms with Crippen LogP contribution in [0.5, 0.6) is 0 Å². The van der Waals surface area contributed by atoms with E-state index in [2.05, 4.69) is 20.8 Å². The Morgan fingerprint density at radius 2 is 2.17 bits per heavy atom. The molecule has 3 rings (SSSR count). The van der Waals surface area contributed by atoms with E-state index < -0.39 is 0 Å². The van der Waals surface area contributed by atoms with E-state index in [-0.39, 0.29) is 30.7 Å². The molecule has 1 atom stereocenters. The lowest BCUT2D eigenvalue weighted by molar-refractivity contribution is -0.132. The minimum Gasteiger partial charge on any atom is -0.366 e. The topological polar surface area (TPSA) is 70.2 Å². The van der Waals surface area contributed by atoms with E-state index in [1.54, 1.807) is 6.20 Å². The predicted molar refractivity (Wildman–Crippen MR) is 103 cm³/mol. The van der Waals surface area contributed by atoms with Crippen molar-refractivity contribution in [1.82, 2.24) is 20.4 Å². The second-order valence-electron chi connectivity index (χ2n) is 5.84. The fourth-order valence-corrected chi connectivity index (χ4v) is 3.90. The average Bonchev–Trinajstić information content (AvgIpc) is 2.57. The molecule has 9 heteroatoms. The molecule has 24 heavy (non-hydrogen) atoms. The molecule has 2 fully saturated rings. The number of carbonyl (C=O) groups is 1. The van der Waals surface area contributed by atoms with Gasteiger partial charge in [-0.25, -0.2) is 0 Å². The number of amides is 1. The number of piperidine rings is 1. The highest BCUT2D eigenvalue weighted by Crippen LogP contribution is 2.17. The lowest BCUT2D eigenvalue weighted by Crippen LogP contribution is -2.46.